The molecule has 216 valence electrons. The highest BCUT2D eigenvalue weighted by Gasteiger charge is 2.47. The van der Waals surface area contributed by atoms with Crippen molar-refractivity contribution in [3.8, 4) is 5.75 Å². The molecule has 1 unspecified atom stereocenters. The van der Waals surface area contributed by atoms with Gasteiger partial charge in [-0.25, -0.2) is 0 Å². The van der Waals surface area contributed by atoms with Crippen molar-refractivity contribution in [2.24, 2.45) is 0 Å². The second-order valence-corrected chi connectivity index (χ2v) is 11.5. The van der Waals surface area contributed by atoms with Crippen LogP contribution in [0, 0.1) is 13.8 Å². The summed E-state index contributed by atoms with van der Waals surface area (Å²) in [6, 6.07) is 18.3. The fraction of sp³-hybridized carbons (Fsp3) is 0.371. The molecule has 1 amide bonds. The molecule has 6 nitrogen and oxygen atoms in total. The van der Waals surface area contributed by atoms with Gasteiger partial charge in [-0.05, 0) is 93.1 Å². The number of aliphatic hydroxyl groups is 1. The fourth-order valence-corrected chi connectivity index (χ4v) is 5.55. The molecule has 4 rings (SSSR count). The molecule has 3 aromatic rings. The Morgan fingerprint density at radius 3 is 2.20 bits per heavy atom. The van der Waals surface area contributed by atoms with Crippen LogP contribution in [0.3, 0.4) is 0 Å². The Labute approximate surface area is 244 Å². The van der Waals surface area contributed by atoms with Gasteiger partial charge in [0.25, 0.3) is 11.7 Å². The van der Waals surface area contributed by atoms with Gasteiger partial charge in [-0.1, -0.05) is 45.0 Å². The topological polar surface area (TPSA) is 70.1 Å². The van der Waals surface area contributed by atoms with Gasteiger partial charge in [0.15, 0.2) is 0 Å². The van der Waals surface area contributed by atoms with Gasteiger partial charge in [0.05, 0.1) is 18.2 Å². The van der Waals surface area contributed by atoms with Crippen LogP contribution in [0.4, 0.5) is 11.4 Å². The first-order chi connectivity index (χ1) is 19.4. The Morgan fingerprint density at radius 2 is 1.61 bits per heavy atom. The summed E-state index contributed by atoms with van der Waals surface area (Å²) in [4.78, 5) is 31.3. The number of amides is 1. The minimum atomic E-state index is -0.786. The van der Waals surface area contributed by atoms with Crippen molar-refractivity contribution in [1.82, 2.24) is 0 Å². The number of rotatable bonds is 8. The molecule has 0 aromatic heterocycles. The van der Waals surface area contributed by atoms with Crippen LogP contribution in [0.25, 0.3) is 5.76 Å². The fourth-order valence-electron chi connectivity index (χ4n) is 5.55. The normalized spacial score (nSPS) is 16.8. The van der Waals surface area contributed by atoms with Gasteiger partial charge in [-0.3, -0.25) is 14.5 Å². The van der Waals surface area contributed by atoms with Crippen LogP contribution in [-0.2, 0) is 15.0 Å². The first-order valence-corrected chi connectivity index (χ1v) is 14.4. The third-order valence-electron chi connectivity index (χ3n) is 7.98. The van der Waals surface area contributed by atoms with Crippen molar-refractivity contribution in [3.63, 3.8) is 0 Å². The average molecular weight is 555 g/mol. The third-order valence-corrected chi connectivity index (χ3v) is 7.98. The molecule has 1 fully saturated rings. The lowest BCUT2D eigenvalue weighted by Gasteiger charge is -2.28. The van der Waals surface area contributed by atoms with Crippen LogP contribution >= 0.6 is 0 Å². The number of carbonyl (C=O) groups excluding carboxylic acids is 2. The zero-order valence-corrected chi connectivity index (χ0v) is 25.5. The van der Waals surface area contributed by atoms with E-state index in [1.54, 1.807) is 11.0 Å². The molecule has 0 bridgehead atoms. The first kappa shape index (κ1) is 29.9. The molecule has 1 aliphatic heterocycles. The molecule has 1 N–H and O–H groups in total. The molecule has 1 saturated heterocycles. The van der Waals surface area contributed by atoms with Crippen molar-refractivity contribution >= 4 is 28.8 Å². The maximum atomic E-state index is 13.8. The van der Waals surface area contributed by atoms with Crippen molar-refractivity contribution in [2.75, 3.05) is 29.5 Å². The van der Waals surface area contributed by atoms with Crippen LogP contribution in [0.15, 0.2) is 66.2 Å². The molecule has 0 radical (unpaired) electrons. The number of nitrogens with zero attached hydrogens (tertiary/aromatic N) is 2. The lowest BCUT2D eigenvalue weighted by molar-refractivity contribution is -0.132. The lowest BCUT2D eigenvalue weighted by Crippen LogP contribution is -2.30. The minimum absolute atomic E-state index is 0.0792. The maximum Gasteiger partial charge on any atom is 0.300 e. The quantitative estimate of drug-likeness (QED) is 0.178. The minimum Gasteiger partial charge on any atom is -0.507 e. The number of hydrogen-bond donors (Lipinski definition) is 1. The Balaban J connectivity index is 1.96. The summed E-state index contributed by atoms with van der Waals surface area (Å²) in [5.74, 6) is -0.814. The third kappa shape index (κ3) is 5.61. The van der Waals surface area contributed by atoms with Crippen molar-refractivity contribution in [2.45, 2.75) is 66.8 Å². The first-order valence-electron chi connectivity index (χ1n) is 14.4. The van der Waals surface area contributed by atoms with Gasteiger partial charge in [0.2, 0.25) is 0 Å². The summed E-state index contributed by atoms with van der Waals surface area (Å²) in [7, 11) is 0. The van der Waals surface area contributed by atoms with Crippen LogP contribution in [-0.4, -0.2) is 36.5 Å². The highest BCUT2D eigenvalue weighted by atomic mass is 16.5. The summed E-state index contributed by atoms with van der Waals surface area (Å²) >= 11 is 0. The molecule has 1 aliphatic rings. The van der Waals surface area contributed by atoms with Gasteiger partial charge in [0.1, 0.15) is 11.5 Å². The zero-order valence-electron chi connectivity index (χ0n) is 25.5. The van der Waals surface area contributed by atoms with E-state index in [1.165, 1.54) is 0 Å². The van der Waals surface area contributed by atoms with E-state index in [-0.39, 0.29) is 16.7 Å². The molecule has 1 atom stereocenters. The van der Waals surface area contributed by atoms with Crippen LogP contribution < -0.4 is 14.5 Å². The monoisotopic (exact) mass is 554 g/mol. The van der Waals surface area contributed by atoms with Gasteiger partial charge < -0.3 is 14.7 Å². The largest absolute Gasteiger partial charge is 0.507 e. The van der Waals surface area contributed by atoms with E-state index in [4.69, 9.17) is 4.74 Å². The van der Waals surface area contributed by atoms with Gasteiger partial charge in [0, 0.05) is 35.6 Å². The molecular formula is C35H42N2O4. The smallest absolute Gasteiger partial charge is 0.300 e. The Hall–Kier alpha value is -4.06. The van der Waals surface area contributed by atoms with E-state index in [0.29, 0.717) is 17.9 Å². The van der Waals surface area contributed by atoms with E-state index in [9.17, 15) is 14.7 Å². The van der Waals surface area contributed by atoms with Crippen molar-refractivity contribution in [1.29, 1.82) is 0 Å². The number of aliphatic hydroxyl groups excluding tert-OH is 1. The molecular weight excluding hydrogens is 512 g/mol. The number of hydrogen-bond acceptors (Lipinski definition) is 5. The van der Waals surface area contributed by atoms with Crippen LogP contribution in [0.5, 0.6) is 5.75 Å². The highest BCUT2D eigenvalue weighted by molar-refractivity contribution is 6.51. The van der Waals surface area contributed by atoms with E-state index >= 15 is 0 Å². The van der Waals surface area contributed by atoms with Crippen LogP contribution in [0.2, 0.25) is 0 Å². The van der Waals surface area contributed by atoms with Gasteiger partial charge >= 0.3 is 0 Å². The second-order valence-electron chi connectivity index (χ2n) is 11.5. The Bertz CT molecular complexity index is 1480. The van der Waals surface area contributed by atoms with E-state index in [2.05, 4.69) is 39.5 Å². The van der Waals surface area contributed by atoms with Gasteiger partial charge in [-0.2, -0.15) is 0 Å². The van der Waals surface area contributed by atoms with E-state index < -0.39 is 17.7 Å². The molecule has 0 aliphatic carbocycles. The average Bonchev–Trinajstić information content (AvgIpc) is 3.20. The Kier molecular flexibility index (Phi) is 8.62. The predicted octanol–water partition coefficient (Wildman–Crippen LogP) is 7.47. The predicted molar refractivity (Wildman–Crippen MR) is 167 cm³/mol. The molecule has 0 saturated carbocycles. The lowest BCUT2D eigenvalue weighted by atomic mass is 9.84. The molecule has 1 heterocycles. The molecule has 6 heteroatoms. The summed E-state index contributed by atoms with van der Waals surface area (Å²) in [6.07, 6.45) is 0. The zero-order chi connectivity index (χ0) is 30.1. The number of ether oxygens (including phenoxy) is 1. The van der Waals surface area contributed by atoms with E-state index in [1.807, 2.05) is 75.4 Å². The summed E-state index contributed by atoms with van der Waals surface area (Å²) < 4.78 is 5.87. The van der Waals surface area contributed by atoms with E-state index in [0.717, 1.165) is 46.8 Å². The number of aryl methyl sites for hydroxylation is 1. The summed E-state index contributed by atoms with van der Waals surface area (Å²) in [6.45, 7) is 18.5. The highest BCUT2D eigenvalue weighted by Crippen LogP contribution is 2.44. The number of anilines is 2. The van der Waals surface area contributed by atoms with Crippen LogP contribution in [0.1, 0.15) is 75.4 Å². The summed E-state index contributed by atoms with van der Waals surface area (Å²) in [5.41, 5.74) is 5.59. The maximum absolute atomic E-state index is 13.8. The van der Waals surface area contributed by atoms with Crippen molar-refractivity contribution < 1.29 is 19.4 Å². The number of Topliss-reactive ketones (excluding diaryl/α,β-unsaturated/α-hetero) is 1. The number of benzene rings is 3. The van der Waals surface area contributed by atoms with Crippen molar-refractivity contribution in [3.05, 3.63) is 94.1 Å². The SMILES string of the molecule is CCOc1ccc(/C(O)=C2/C(=O)C(=O)N(c3cccc(C)c3C)C2c2ccc(N(CC)CC)cc2)cc1C(C)(C)C. The number of ketones is 1. The summed E-state index contributed by atoms with van der Waals surface area (Å²) in [5, 5.41) is 11.8. The Morgan fingerprint density at radius 1 is 0.951 bits per heavy atom. The van der Waals surface area contributed by atoms with Gasteiger partial charge in [-0.15, -0.1) is 0 Å². The second kappa shape index (κ2) is 11.8. The molecule has 0 spiro atoms. The molecule has 3 aromatic carbocycles. The molecule has 41 heavy (non-hydrogen) atoms. The standard InChI is InChI=1S/C35H42N2O4/c1-9-36(10-2)26-18-15-24(16-19-26)31-30(33(39)34(40)37(31)28-14-12-13-22(4)23(28)5)32(38)25-17-20-29(41-11-3)27(21-25)35(6,7)8/h12-21,31,38H,9-11H2,1-8H3/b32-30-. The number of carbonyl (C=O) groups is 2.